The third-order valence-electron chi connectivity index (χ3n) is 0.193. The molecule has 0 amide bonds. The zero-order valence-corrected chi connectivity index (χ0v) is 3.86. The lowest BCUT2D eigenvalue weighted by Crippen LogP contribution is -2.28. The van der Waals surface area contributed by atoms with Crippen LogP contribution in [0, 0.1) is 0 Å². The van der Waals surface area contributed by atoms with Gasteiger partial charge in [0.25, 0.3) is 0 Å². The van der Waals surface area contributed by atoms with Crippen molar-refractivity contribution in [3.63, 3.8) is 0 Å². The van der Waals surface area contributed by atoms with Crippen LogP contribution in [-0.2, 0) is 0 Å². The van der Waals surface area contributed by atoms with Crippen LogP contribution in [0.15, 0.2) is 0 Å². The Balaban J connectivity index is 3.34. The van der Waals surface area contributed by atoms with Crippen LogP contribution in [0.5, 0.6) is 0 Å². The van der Waals surface area contributed by atoms with Crippen LogP contribution in [0.2, 0.25) is 0 Å². The fraction of sp³-hybridized carbons (Fsp3) is 0.500. The predicted octanol–water partition coefficient (Wildman–Crippen LogP) is 0.930. The average molecular weight is 128 g/mol. The molecule has 0 saturated carbocycles. The maximum absolute atomic E-state index is 10.8. The van der Waals surface area contributed by atoms with Gasteiger partial charge in [-0.15, -0.1) is 0 Å². The molecule has 0 aliphatic heterocycles. The second-order valence-electron chi connectivity index (χ2n) is 0.725. The molecule has 0 aliphatic rings. The molecule has 0 aromatic rings. The van der Waals surface area contributed by atoms with Crippen molar-refractivity contribution in [2.45, 2.75) is 6.30 Å². The number of alkyl halides is 3. The summed E-state index contributed by atoms with van der Waals surface area (Å²) in [4.78, 5) is 0. The normalized spacial score (nSPS) is 10.7. The van der Waals surface area contributed by atoms with Gasteiger partial charge in [-0.2, -0.15) is 13.2 Å². The Kier molecular flexibility index (Phi) is 2.01. The fourth-order valence-corrected chi connectivity index (χ4v) is 0.174. The number of nitrogens with one attached hydrogen (secondary N) is 1. The standard InChI is InChI=1S/C2HF3NS/c3-2(4,5)6-1-7/h(H,6,7). The second kappa shape index (κ2) is 2.11. The molecule has 0 bridgehead atoms. The summed E-state index contributed by atoms with van der Waals surface area (Å²) < 4.78 is 32.4. The summed E-state index contributed by atoms with van der Waals surface area (Å²) in [5.41, 5.74) is 1.32. The minimum absolute atomic E-state index is 0.850. The van der Waals surface area contributed by atoms with Crippen molar-refractivity contribution in [1.82, 2.24) is 5.32 Å². The van der Waals surface area contributed by atoms with Gasteiger partial charge in [0, 0.05) is 0 Å². The van der Waals surface area contributed by atoms with Gasteiger partial charge in [0.2, 0.25) is 0 Å². The Labute approximate surface area is 43.5 Å². The molecule has 1 N–H and O–H groups in total. The van der Waals surface area contributed by atoms with E-state index < -0.39 is 6.30 Å². The quantitative estimate of drug-likeness (QED) is 0.320. The molecule has 7 heavy (non-hydrogen) atoms. The molecule has 0 fully saturated rings. The molecule has 0 aromatic heterocycles. The Morgan fingerprint density at radius 1 is 1.43 bits per heavy atom. The maximum Gasteiger partial charge on any atom is 0.483 e. The SMILES string of the molecule is FC(F)(F)N[C]=S. The molecule has 0 spiro atoms. The van der Waals surface area contributed by atoms with Gasteiger partial charge in [0.15, 0.2) is 0 Å². The van der Waals surface area contributed by atoms with Crippen LogP contribution in [0.25, 0.3) is 0 Å². The Morgan fingerprint density at radius 3 is 1.86 bits per heavy atom. The Hall–Kier alpha value is -0.320. The van der Waals surface area contributed by atoms with Crippen molar-refractivity contribution in [1.29, 1.82) is 0 Å². The highest BCUT2D eigenvalue weighted by atomic mass is 32.1. The van der Waals surface area contributed by atoms with Gasteiger partial charge >= 0.3 is 6.30 Å². The van der Waals surface area contributed by atoms with E-state index in [0.717, 1.165) is 5.32 Å². The van der Waals surface area contributed by atoms with E-state index in [2.05, 4.69) is 12.2 Å². The first-order valence-corrected chi connectivity index (χ1v) is 1.68. The molecular formula is C2HF3NS. The molecule has 0 rings (SSSR count). The van der Waals surface area contributed by atoms with Gasteiger partial charge in [0.1, 0.15) is 5.49 Å². The number of halogens is 3. The molecule has 0 saturated heterocycles. The molecule has 5 heteroatoms. The van der Waals surface area contributed by atoms with E-state index in [-0.39, 0.29) is 0 Å². The van der Waals surface area contributed by atoms with Gasteiger partial charge in [-0.3, -0.25) is 5.32 Å². The maximum atomic E-state index is 10.8. The molecule has 0 aromatic carbocycles. The monoisotopic (exact) mass is 128 g/mol. The first-order chi connectivity index (χ1) is 3.06. The highest BCUT2D eigenvalue weighted by Crippen LogP contribution is 2.06. The molecule has 0 aliphatic carbocycles. The predicted molar refractivity (Wildman–Crippen MR) is 21.8 cm³/mol. The largest absolute Gasteiger partial charge is 0.483 e. The first-order valence-electron chi connectivity index (χ1n) is 1.27. The lowest BCUT2D eigenvalue weighted by Gasteiger charge is -1.99. The van der Waals surface area contributed by atoms with Gasteiger partial charge in [-0.05, 0) is 0 Å². The average Bonchev–Trinajstić information content (AvgIpc) is 1.30. The highest BCUT2D eigenvalue weighted by Gasteiger charge is 2.24. The van der Waals surface area contributed by atoms with Crippen LogP contribution in [-0.4, -0.2) is 11.8 Å². The Bertz CT molecular complexity index is 67.8. The van der Waals surface area contributed by atoms with Crippen molar-refractivity contribution in [3.05, 3.63) is 0 Å². The van der Waals surface area contributed by atoms with Gasteiger partial charge in [0.05, 0.1) is 0 Å². The van der Waals surface area contributed by atoms with Crippen molar-refractivity contribution >= 4 is 17.7 Å². The molecule has 1 radical (unpaired) electrons. The summed E-state index contributed by atoms with van der Waals surface area (Å²) in [6.45, 7) is 0. The zero-order valence-electron chi connectivity index (χ0n) is 3.04. The summed E-state index contributed by atoms with van der Waals surface area (Å²) in [5.74, 6) is 0. The summed E-state index contributed by atoms with van der Waals surface area (Å²) in [6.07, 6.45) is -4.41. The molecule has 41 valence electrons. The minimum Gasteiger partial charge on any atom is -0.286 e. The second-order valence-corrected chi connectivity index (χ2v) is 0.929. The third kappa shape index (κ3) is 5.68. The Morgan fingerprint density at radius 2 is 1.86 bits per heavy atom. The number of hydrogen-bond acceptors (Lipinski definition) is 1. The van der Waals surface area contributed by atoms with E-state index in [9.17, 15) is 13.2 Å². The summed E-state index contributed by atoms with van der Waals surface area (Å²) in [6, 6.07) is 0. The van der Waals surface area contributed by atoms with E-state index in [1.807, 2.05) is 0 Å². The van der Waals surface area contributed by atoms with Gasteiger partial charge < -0.3 is 0 Å². The topological polar surface area (TPSA) is 12.0 Å². The van der Waals surface area contributed by atoms with Crippen molar-refractivity contribution in [2.75, 3.05) is 0 Å². The number of hydrogen-bond donors (Lipinski definition) is 1. The van der Waals surface area contributed by atoms with Crippen molar-refractivity contribution in [2.24, 2.45) is 0 Å². The molecular weight excluding hydrogens is 127 g/mol. The van der Waals surface area contributed by atoms with E-state index in [0.29, 0.717) is 0 Å². The number of thiocarbonyl (C=S) groups is 1. The summed E-state index contributed by atoms with van der Waals surface area (Å²) >= 11 is 3.72. The van der Waals surface area contributed by atoms with Gasteiger partial charge in [-0.25, -0.2) is 0 Å². The van der Waals surface area contributed by atoms with E-state index in [1.54, 1.807) is 0 Å². The van der Waals surface area contributed by atoms with Crippen LogP contribution >= 0.6 is 12.2 Å². The molecule has 0 heterocycles. The van der Waals surface area contributed by atoms with Crippen LogP contribution in [0.3, 0.4) is 0 Å². The van der Waals surface area contributed by atoms with Crippen molar-refractivity contribution < 1.29 is 13.2 Å². The van der Waals surface area contributed by atoms with E-state index >= 15 is 0 Å². The molecule has 0 unspecified atom stereocenters. The summed E-state index contributed by atoms with van der Waals surface area (Å²) in [7, 11) is 0. The minimum atomic E-state index is -4.41. The third-order valence-corrected chi connectivity index (χ3v) is 0.295. The lowest BCUT2D eigenvalue weighted by atomic mass is 11.1. The molecule has 0 atom stereocenters. The van der Waals surface area contributed by atoms with Crippen molar-refractivity contribution in [3.8, 4) is 0 Å². The molecule has 1 nitrogen and oxygen atoms in total. The van der Waals surface area contributed by atoms with Crippen LogP contribution < -0.4 is 5.32 Å². The van der Waals surface area contributed by atoms with E-state index in [4.69, 9.17) is 0 Å². The lowest BCUT2D eigenvalue weighted by molar-refractivity contribution is -0.140. The fourth-order valence-electron chi connectivity index (χ4n) is 0.0579. The number of rotatable bonds is 1. The first kappa shape index (κ1) is 6.68. The zero-order chi connectivity index (χ0) is 5.91. The van der Waals surface area contributed by atoms with E-state index in [1.165, 1.54) is 5.49 Å². The summed E-state index contributed by atoms with van der Waals surface area (Å²) in [5, 5.41) is 0.850. The highest BCUT2D eigenvalue weighted by molar-refractivity contribution is 7.78. The van der Waals surface area contributed by atoms with Crippen LogP contribution in [0.1, 0.15) is 0 Å². The smallest absolute Gasteiger partial charge is 0.286 e. The van der Waals surface area contributed by atoms with Gasteiger partial charge in [-0.1, -0.05) is 12.2 Å². The van der Waals surface area contributed by atoms with Crippen LogP contribution in [0.4, 0.5) is 13.2 Å².